The fourth-order valence-corrected chi connectivity index (χ4v) is 2.97. The average Bonchev–Trinajstić information content (AvgIpc) is 2.99. The van der Waals surface area contributed by atoms with E-state index in [4.69, 9.17) is 0 Å². The van der Waals surface area contributed by atoms with E-state index in [-0.39, 0.29) is 13.2 Å². The maximum absolute atomic E-state index is 9.42. The maximum atomic E-state index is 9.42. The number of hydrogen-bond acceptors (Lipinski definition) is 4. The lowest BCUT2D eigenvalue weighted by molar-refractivity contribution is 0.0866. The molecule has 4 heteroatoms. The van der Waals surface area contributed by atoms with Crippen molar-refractivity contribution in [2.75, 3.05) is 13.2 Å². The molecule has 0 aliphatic heterocycles. The van der Waals surface area contributed by atoms with E-state index < -0.39 is 5.54 Å². The van der Waals surface area contributed by atoms with Gasteiger partial charge in [0.15, 0.2) is 0 Å². The van der Waals surface area contributed by atoms with Crippen LogP contribution in [0.4, 0.5) is 0 Å². The van der Waals surface area contributed by atoms with Crippen LogP contribution in [0.1, 0.15) is 18.2 Å². The van der Waals surface area contributed by atoms with Crippen LogP contribution >= 0.6 is 11.3 Å². The second-order valence-electron chi connectivity index (χ2n) is 4.94. The smallest absolute Gasteiger partial charge is 0.0648 e. The number of aliphatic hydroxyl groups excluding tert-OH is 2. The van der Waals surface area contributed by atoms with E-state index >= 15 is 0 Å². The summed E-state index contributed by atoms with van der Waals surface area (Å²) in [5.41, 5.74) is 0.631. The Morgan fingerprint density at radius 3 is 2.35 bits per heavy atom. The van der Waals surface area contributed by atoms with E-state index in [2.05, 4.69) is 29.6 Å². The molecule has 2 aromatic rings. The molecule has 20 heavy (non-hydrogen) atoms. The normalized spacial score (nSPS) is 11.8. The summed E-state index contributed by atoms with van der Waals surface area (Å²) in [6.07, 6.45) is 0.691. The van der Waals surface area contributed by atoms with Crippen LogP contribution in [-0.2, 0) is 6.54 Å². The SMILES string of the molecule is CCC(CO)(CO)NCc1ccc(-c2ccccc2)s1. The van der Waals surface area contributed by atoms with E-state index in [1.165, 1.54) is 15.3 Å². The second-order valence-corrected chi connectivity index (χ2v) is 6.10. The number of benzene rings is 1. The molecular formula is C16H21NO2S. The van der Waals surface area contributed by atoms with Crippen molar-refractivity contribution in [1.29, 1.82) is 0 Å². The molecule has 1 aromatic heterocycles. The van der Waals surface area contributed by atoms with Gasteiger partial charge in [-0.1, -0.05) is 37.3 Å². The van der Waals surface area contributed by atoms with Crippen LogP contribution in [0.3, 0.4) is 0 Å². The third-order valence-electron chi connectivity index (χ3n) is 3.64. The number of hydrogen-bond donors (Lipinski definition) is 3. The summed E-state index contributed by atoms with van der Waals surface area (Å²) in [6, 6.07) is 14.5. The lowest BCUT2D eigenvalue weighted by Crippen LogP contribution is -2.50. The van der Waals surface area contributed by atoms with Crippen LogP contribution < -0.4 is 5.32 Å². The Morgan fingerprint density at radius 2 is 1.75 bits per heavy atom. The van der Waals surface area contributed by atoms with Gasteiger partial charge in [0.1, 0.15) is 0 Å². The van der Waals surface area contributed by atoms with Gasteiger partial charge in [0.2, 0.25) is 0 Å². The minimum absolute atomic E-state index is 0.0586. The minimum Gasteiger partial charge on any atom is -0.394 e. The number of aliphatic hydroxyl groups is 2. The Labute approximate surface area is 123 Å². The highest BCUT2D eigenvalue weighted by atomic mass is 32.1. The Balaban J connectivity index is 2.03. The summed E-state index contributed by atoms with van der Waals surface area (Å²) in [5, 5.41) is 22.1. The maximum Gasteiger partial charge on any atom is 0.0648 e. The molecule has 0 fully saturated rings. The van der Waals surface area contributed by atoms with Crippen LogP contribution in [0.25, 0.3) is 10.4 Å². The highest BCUT2D eigenvalue weighted by Crippen LogP contribution is 2.28. The zero-order chi connectivity index (χ0) is 14.4. The zero-order valence-electron chi connectivity index (χ0n) is 11.7. The molecular weight excluding hydrogens is 270 g/mol. The van der Waals surface area contributed by atoms with E-state index in [1.807, 2.05) is 25.1 Å². The highest BCUT2D eigenvalue weighted by molar-refractivity contribution is 7.15. The summed E-state index contributed by atoms with van der Waals surface area (Å²) >= 11 is 1.73. The number of nitrogens with one attached hydrogen (secondary N) is 1. The van der Waals surface area contributed by atoms with Gasteiger partial charge < -0.3 is 15.5 Å². The first-order valence-electron chi connectivity index (χ1n) is 6.84. The van der Waals surface area contributed by atoms with Crippen LogP contribution in [0.2, 0.25) is 0 Å². The van der Waals surface area contributed by atoms with Gasteiger partial charge in [-0.15, -0.1) is 11.3 Å². The average molecular weight is 291 g/mol. The Morgan fingerprint density at radius 1 is 1.05 bits per heavy atom. The molecule has 0 saturated heterocycles. The predicted molar refractivity (Wildman–Crippen MR) is 83.8 cm³/mol. The molecule has 108 valence electrons. The van der Waals surface area contributed by atoms with Crippen LogP contribution in [0.15, 0.2) is 42.5 Å². The van der Waals surface area contributed by atoms with Crippen molar-refractivity contribution < 1.29 is 10.2 Å². The van der Waals surface area contributed by atoms with E-state index in [9.17, 15) is 10.2 Å². The fraction of sp³-hybridized carbons (Fsp3) is 0.375. The molecule has 3 nitrogen and oxygen atoms in total. The zero-order valence-corrected chi connectivity index (χ0v) is 12.5. The van der Waals surface area contributed by atoms with Crippen LogP contribution in [0, 0.1) is 0 Å². The van der Waals surface area contributed by atoms with Crippen molar-refractivity contribution in [3.05, 3.63) is 47.3 Å². The van der Waals surface area contributed by atoms with Crippen molar-refractivity contribution in [1.82, 2.24) is 5.32 Å². The summed E-state index contributed by atoms with van der Waals surface area (Å²) in [6.45, 7) is 2.50. The summed E-state index contributed by atoms with van der Waals surface area (Å²) in [7, 11) is 0. The highest BCUT2D eigenvalue weighted by Gasteiger charge is 2.25. The Hall–Kier alpha value is -1.20. The van der Waals surface area contributed by atoms with Crippen molar-refractivity contribution >= 4 is 11.3 Å². The predicted octanol–water partition coefficient (Wildman–Crippen LogP) is 2.64. The molecule has 1 aromatic carbocycles. The Kier molecular flexibility index (Phi) is 5.31. The molecule has 0 unspecified atom stereocenters. The minimum atomic E-state index is -0.586. The van der Waals surface area contributed by atoms with Crippen LogP contribution in [0.5, 0.6) is 0 Å². The van der Waals surface area contributed by atoms with Gasteiger partial charge in [-0.3, -0.25) is 0 Å². The van der Waals surface area contributed by atoms with Gasteiger partial charge in [-0.25, -0.2) is 0 Å². The molecule has 3 N–H and O–H groups in total. The fourth-order valence-electron chi connectivity index (χ4n) is 2.02. The summed E-state index contributed by atoms with van der Waals surface area (Å²) in [5.74, 6) is 0. The van der Waals surface area contributed by atoms with Crippen molar-refractivity contribution in [2.45, 2.75) is 25.4 Å². The van der Waals surface area contributed by atoms with Gasteiger partial charge in [0.05, 0.1) is 18.8 Å². The van der Waals surface area contributed by atoms with Crippen molar-refractivity contribution in [2.24, 2.45) is 0 Å². The quantitative estimate of drug-likeness (QED) is 0.735. The van der Waals surface area contributed by atoms with Gasteiger partial charge in [0, 0.05) is 16.3 Å². The third kappa shape index (κ3) is 3.46. The molecule has 0 saturated carbocycles. The molecule has 2 rings (SSSR count). The molecule has 0 atom stereocenters. The van der Waals surface area contributed by atoms with Crippen LogP contribution in [-0.4, -0.2) is 29.0 Å². The van der Waals surface area contributed by atoms with Gasteiger partial charge in [-0.05, 0) is 24.1 Å². The summed E-state index contributed by atoms with van der Waals surface area (Å²) in [4.78, 5) is 2.43. The van der Waals surface area contributed by atoms with Crippen molar-refractivity contribution in [3.63, 3.8) is 0 Å². The largest absolute Gasteiger partial charge is 0.394 e. The standard InChI is InChI=1S/C16H21NO2S/c1-2-16(11-18,12-19)17-10-14-8-9-15(20-14)13-6-4-3-5-7-13/h3-9,17-19H,2,10-12H2,1H3. The molecule has 0 bridgehead atoms. The molecule has 1 heterocycles. The first-order valence-corrected chi connectivity index (χ1v) is 7.65. The van der Waals surface area contributed by atoms with Crippen molar-refractivity contribution in [3.8, 4) is 10.4 Å². The van der Waals surface area contributed by atoms with E-state index in [0.717, 1.165) is 0 Å². The first-order chi connectivity index (χ1) is 9.73. The molecule has 0 amide bonds. The first kappa shape index (κ1) is 15.2. The molecule has 0 aliphatic carbocycles. The Bertz CT molecular complexity index is 512. The molecule has 0 spiro atoms. The van der Waals surface area contributed by atoms with E-state index in [0.29, 0.717) is 13.0 Å². The van der Waals surface area contributed by atoms with Gasteiger partial charge in [-0.2, -0.15) is 0 Å². The topological polar surface area (TPSA) is 52.5 Å². The van der Waals surface area contributed by atoms with Gasteiger partial charge in [0.25, 0.3) is 0 Å². The van der Waals surface area contributed by atoms with Gasteiger partial charge >= 0.3 is 0 Å². The second kappa shape index (κ2) is 6.99. The monoisotopic (exact) mass is 291 g/mol. The molecule has 0 radical (unpaired) electrons. The lowest BCUT2D eigenvalue weighted by atomic mass is 9.98. The lowest BCUT2D eigenvalue weighted by Gasteiger charge is -2.29. The number of thiophene rings is 1. The molecule has 0 aliphatic rings. The van der Waals surface area contributed by atoms with E-state index in [1.54, 1.807) is 11.3 Å². The summed E-state index contributed by atoms with van der Waals surface area (Å²) < 4.78 is 0. The number of rotatable bonds is 7. The third-order valence-corrected chi connectivity index (χ3v) is 4.77.